The number of anilines is 1. The lowest BCUT2D eigenvalue weighted by Gasteiger charge is -2.50. The molecular weight excluding hydrogens is 617 g/mol. The quantitative estimate of drug-likeness (QED) is 0.181. The molecule has 2 saturated heterocycles. The number of alkyl halides is 2. The van der Waals surface area contributed by atoms with Gasteiger partial charge in [0.05, 0.1) is 17.5 Å². The van der Waals surface area contributed by atoms with Gasteiger partial charge in [-0.25, -0.2) is 4.98 Å². The number of halogens is 2. The molecule has 11 heteroatoms. The van der Waals surface area contributed by atoms with Gasteiger partial charge in [-0.15, -0.1) is 23.2 Å². The number of likely N-dealkylation sites (tertiary alicyclic amines) is 1. The van der Waals surface area contributed by atoms with Crippen LogP contribution in [0.1, 0.15) is 24.3 Å². The van der Waals surface area contributed by atoms with Gasteiger partial charge in [0, 0.05) is 24.1 Å². The zero-order chi connectivity index (χ0) is 31.4. The van der Waals surface area contributed by atoms with E-state index < -0.39 is 51.1 Å². The molecule has 1 saturated carbocycles. The average Bonchev–Trinajstić information content (AvgIpc) is 3.63. The number of nitrogens with zero attached hydrogens (tertiary/aromatic N) is 3. The van der Waals surface area contributed by atoms with Gasteiger partial charge in [-0.1, -0.05) is 42.0 Å². The lowest BCUT2D eigenvalue weighted by atomic mass is 9.56. The van der Waals surface area contributed by atoms with Crippen LogP contribution in [-0.2, 0) is 19.2 Å². The third-order valence-corrected chi connectivity index (χ3v) is 11.3. The highest BCUT2D eigenvalue weighted by Gasteiger charge is 2.76. The molecule has 2 aliphatic carbocycles. The fourth-order valence-corrected chi connectivity index (χ4v) is 8.84. The minimum atomic E-state index is -1.94. The van der Waals surface area contributed by atoms with Crippen molar-refractivity contribution in [1.29, 1.82) is 0 Å². The standard InChI is InChI=1S/C34H25Cl2N3O6/c1-38-31(43)33(35)16-22-19(27(34(33,36)32(38)44)20-6-2-4-8-24(20)40)14-15-21-26(22)30(42)39(29(21)41)18-12-10-17(11-13-18)28-37-23-7-3-5-9-25(23)45-28/h2-14,21-22,26-27,40H,15-16H2,1H3/t21-,22+,26-,27+,33+,34-/m0/s1. The normalized spacial score (nSPS) is 30.9. The number of aromatic nitrogens is 1. The molecule has 8 rings (SSSR count). The Morgan fingerprint density at radius 1 is 0.889 bits per heavy atom. The fraction of sp³-hybridized carbons (Fsp3) is 0.265. The Hall–Kier alpha value is -4.47. The summed E-state index contributed by atoms with van der Waals surface area (Å²) in [5.74, 6) is -5.04. The maximum atomic E-state index is 14.2. The van der Waals surface area contributed by atoms with Crippen LogP contribution in [0.2, 0.25) is 0 Å². The van der Waals surface area contributed by atoms with Crippen molar-refractivity contribution in [3.8, 4) is 17.2 Å². The SMILES string of the molecule is CN1C(=O)[C@]2(Cl)C[C@@H]3C(=CC[C@@H]4C(=O)N(c5ccc(-c6nc7ccccc7o6)cc5)C(=O)[C@@H]43)[C@H](c3ccccc3O)[C@]2(Cl)C1=O. The molecule has 4 aliphatic rings. The van der Waals surface area contributed by atoms with Crippen molar-refractivity contribution >= 4 is 63.6 Å². The predicted octanol–water partition coefficient (Wildman–Crippen LogP) is 5.39. The van der Waals surface area contributed by atoms with E-state index >= 15 is 0 Å². The Labute approximate surface area is 267 Å². The molecule has 1 N–H and O–H groups in total. The summed E-state index contributed by atoms with van der Waals surface area (Å²) < 4.78 is 5.87. The third-order valence-electron chi connectivity index (χ3n) is 9.93. The molecule has 0 bridgehead atoms. The van der Waals surface area contributed by atoms with E-state index in [1.807, 2.05) is 30.3 Å². The first-order chi connectivity index (χ1) is 21.6. The van der Waals surface area contributed by atoms with E-state index in [1.165, 1.54) is 18.0 Å². The maximum absolute atomic E-state index is 14.2. The molecule has 0 unspecified atom stereocenters. The van der Waals surface area contributed by atoms with Crippen LogP contribution >= 0.6 is 23.2 Å². The largest absolute Gasteiger partial charge is 0.508 e. The van der Waals surface area contributed by atoms with Crippen molar-refractivity contribution in [2.45, 2.75) is 28.5 Å². The molecule has 226 valence electrons. The van der Waals surface area contributed by atoms with Gasteiger partial charge in [0.1, 0.15) is 11.3 Å². The van der Waals surface area contributed by atoms with E-state index in [-0.39, 0.29) is 24.5 Å². The zero-order valence-corrected chi connectivity index (χ0v) is 25.3. The van der Waals surface area contributed by atoms with Crippen molar-refractivity contribution in [2.24, 2.45) is 17.8 Å². The summed E-state index contributed by atoms with van der Waals surface area (Å²) in [5.41, 5.74) is 3.39. The Bertz CT molecular complexity index is 1970. The molecule has 0 radical (unpaired) electrons. The molecule has 3 heterocycles. The van der Waals surface area contributed by atoms with Crippen LogP contribution in [0.15, 0.2) is 88.9 Å². The zero-order valence-electron chi connectivity index (χ0n) is 23.8. The highest BCUT2D eigenvalue weighted by molar-refractivity contribution is 6.53. The van der Waals surface area contributed by atoms with Gasteiger partial charge in [-0.05, 0) is 61.2 Å². The van der Waals surface area contributed by atoms with E-state index in [0.717, 1.165) is 10.4 Å². The minimum absolute atomic E-state index is 0.116. The van der Waals surface area contributed by atoms with E-state index in [0.29, 0.717) is 33.9 Å². The maximum Gasteiger partial charge on any atom is 0.253 e. The summed E-state index contributed by atoms with van der Waals surface area (Å²) >= 11 is 14.3. The molecule has 3 fully saturated rings. The molecule has 2 aliphatic heterocycles. The van der Waals surface area contributed by atoms with Crippen LogP contribution in [0, 0.1) is 17.8 Å². The summed E-state index contributed by atoms with van der Waals surface area (Å²) in [7, 11) is 1.33. The van der Waals surface area contributed by atoms with E-state index in [2.05, 4.69) is 4.98 Å². The topological polar surface area (TPSA) is 121 Å². The molecule has 4 amide bonds. The fourth-order valence-electron chi connectivity index (χ4n) is 7.82. The van der Waals surface area contributed by atoms with Crippen molar-refractivity contribution in [1.82, 2.24) is 9.88 Å². The number of fused-ring (bicyclic) bond motifs is 5. The molecule has 9 nitrogen and oxygen atoms in total. The molecule has 1 aromatic heterocycles. The molecular formula is C34H25Cl2N3O6. The Morgan fingerprint density at radius 3 is 2.33 bits per heavy atom. The minimum Gasteiger partial charge on any atom is -0.508 e. The second kappa shape index (κ2) is 9.52. The first kappa shape index (κ1) is 28.0. The van der Waals surface area contributed by atoms with Gasteiger partial charge < -0.3 is 9.52 Å². The summed E-state index contributed by atoms with van der Waals surface area (Å²) in [6.45, 7) is 0. The Balaban J connectivity index is 1.18. The van der Waals surface area contributed by atoms with Gasteiger partial charge in [-0.2, -0.15) is 0 Å². The molecule has 45 heavy (non-hydrogen) atoms. The number of hydrogen-bond acceptors (Lipinski definition) is 7. The number of carbonyl (C=O) groups excluding carboxylic acids is 4. The van der Waals surface area contributed by atoms with Crippen LogP contribution in [0.5, 0.6) is 5.75 Å². The molecule has 4 aromatic rings. The highest BCUT2D eigenvalue weighted by Crippen LogP contribution is 2.66. The summed E-state index contributed by atoms with van der Waals surface area (Å²) in [4.78, 5) is 58.1. The number of phenols is 1. The van der Waals surface area contributed by atoms with Gasteiger partial charge in [-0.3, -0.25) is 29.0 Å². The predicted molar refractivity (Wildman–Crippen MR) is 166 cm³/mol. The molecule has 3 aromatic carbocycles. The number of imide groups is 2. The number of allylic oxidation sites excluding steroid dienone is 2. The number of oxazole rings is 1. The smallest absolute Gasteiger partial charge is 0.253 e. The van der Waals surface area contributed by atoms with E-state index in [1.54, 1.807) is 42.5 Å². The number of hydrogen-bond donors (Lipinski definition) is 1. The van der Waals surface area contributed by atoms with Crippen LogP contribution in [0.4, 0.5) is 5.69 Å². The van der Waals surface area contributed by atoms with Crippen LogP contribution in [0.25, 0.3) is 22.6 Å². The highest BCUT2D eigenvalue weighted by atomic mass is 35.5. The Kier molecular flexibility index (Phi) is 5.93. The number of amides is 4. The Morgan fingerprint density at radius 2 is 1.60 bits per heavy atom. The number of rotatable bonds is 3. The van der Waals surface area contributed by atoms with Crippen molar-refractivity contribution in [2.75, 3.05) is 11.9 Å². The van der Waals surface area contributed by atoms with Crippen molar-refractivity contribution in [3.63, 3.8) is 0 Å². The van der Waals surface area contributed by atoms with Gasteiger partial charge in [0.25, 0.3) is 11.8 Å². The van der Waals surface area contributed by atoms with E-state index in [4.69, 9.17) is 27.6 Å². The van der Waals surface area contributed by atoms with Gasteiger partial charge >= 0.3 is 0 Å². The van der Waals surface area contributed by atoms with Crippen LogP contribution in [0.3, 0.4) is 0 Å². The molecule has 0 spiro atoms. The summed E-state index contributed by atoms with van der Waals surface area (Å²) in [6.07, 6.45) is 1.95. The number of carbonyl (C=O) groups is 4. The second-order valence-corrected chi connectivity index (χ2v) is 13.3. The van der Waals surface area contributed by atoms with Gasteiger partial charge in [0.15, 0.2) is 15.3 Å². The third kappa shape index (κ3) is 3.59. The van der Waals surface area contributed by atoms with Crippen molar-refractivity contribution < 1.29 is 28.7 Å². The van der Waals surface area contributed by atoms with Crippen LogP contribution < -0.4 is 4.90 Å². The first-order valence-electron chi connectivity index (χ1n) is 14.6. The lowest BCUT2D eigenvalue weighted by Crippen LogP contribution is -2.60. The van der Waals surface area contributed by atoms with Gasteiger partial charge in [0.2, 0.25) is 17.7 Å². The second-order valence-electron chi connectivity index (χ2n) is 12.1. The van der Waals surface area contributed by atoms with Crippen molar-refractivity contribution in [3.05, 3.63) is 90.0 Å². The first-order valence-corrected chi connectivity index (χ1v) is 15.3. The average molecular weight is 642 g/mol. The number of para-hydroxylation sites is 3. The number of benzene rings is 3. The number of aromatic hydroxyl groups is 1. The molecule has 6 atom stereocenters. The van der Waals surface area contributed by atoms with Crippen LogP contribution in [-0.4, -0.2) is 55.4 Å². The summed E-state index contributed by atoms with van der Waals surface area (Å²) in [6, 6.07) is 20.7. The lowest BCUT2D eigenvalue weighted by molar-refractivity contribution is -0.138. The number of phenolic OH excluding ortho intramolecular Hbond substituents is 1. The summed E-state index contributed by atoms with van der Waals surface area (Å²) in [5, 5.41) is 10.9. The van der Waals surface area contributed by atoms with E-state index in [9.17, 15) is 24.3 Å². The monoisotopic (exact) mass is 641 g/mol.